The molecule has 2 heterocycles. The van der Waals surface area contributed by atoms with Gasteiger partial charge in [-0.25, -0.2) is 4.98 Å². The molecule has 1 N–H and O–H groups in total. The molecule has 0 fully saturated rings. The lowest BCUT2D eigenvalue weighted by Gasteiger charge is -2.08. The maximum absolute atomic E-state index is 10.7. The summed E-state index contributed by atoms with van der Waals surface area (Å²) >= 11 is 0. The highest BCUT2D eigenvalue weighted by molar-refractivity contribution is 5.75. The molecule has 0 aliphatic rings. The number of rotatable bonds is 3. The summed E-state index contributed by atoms with van der Waals surface area (Å²) in [5.74, 6) is -0.127. The van der Waals surface area contributed by atoms with Crippen LogP contribution in [0.3, 0.4) is 0 Å². The number of imidazole rings is 1. The SMILES string of the molecule is CC(CC(=O)O)c1nc2cnccc2n1C. The Hall–Kier alpha value is -1.91. The van der Waals surface area contributed by atoms with E-state index in [2.05, 4.69) is 9.97 Å². The molecule has 2 aromatic heterocycles. The number of pyridine rings is 1. The van der Waals surface area contributed by atoms with Gasteiger partial charge in [0.05, 0.1) is 18.1 Å². The number of fused-ring (bicyclic) bond motifs is 1. The molecule has 0 aliphatic heterocycles. The molecule has 5 nitrogen and oxygen atoms in total. The van der Waals surface area contributed by atoms with E-state index in [1.54, 1.807) is 12.4 Å². The third kappa shape index (κ3) is 1.76. The number of aryl methyl sites for hydroxylation is 1. The average Bonchev–Trinajstić information content (AvgIpc) is 2.56. The Kier molecular flexibility index (Phi) is 2.60. The van der Waals surface area contributed by atoms with E-state index in [0.717, 1.165) is 16.9 Å². The molecule has 0 saturated carbocycles. The lowest BCUT2D eigenvalue weighted by atomic mass is 10.1. The average molecular weight is 219 g/mol. The van der Waals surface area contributed by atoms with Crippen molar-refractivity contribution in [1.82, 2.24) is 14.5 Å². The number of carboxylic acids is 1. The fourth-order valence-electron chi connectivity index (χ4n) is 1.86. The monoisotopic (exact) mass is 219 g/mol. The summed E-state index contributed by atoms with van der Waals surface area (Å²) in [6.45, 7) is 1.86. The van der Waals surface area contributed by atoms with Gasteiger partial charge in [0.15, 0.2) is 0 Å². The van der Waals surface area contributed by atoms with Gasteiger partial charge in [0.1, 0.15) is 11.3 Å². The fraction of sp³-hybridized carbons (Fsp3) is 0.364. The Labute approximate surface area is 92.8 Å². The third-order valence-corrected chi connectivity index (χ3v) is 2.64. The minimum Gasteiger partial charge on any atom is -0.481 e. The van der Waals surface area contributed by atoms with Gasteiger partial charge in [-0.3, -0.25) is 9.78 Å². The van der Waals surface area contributed by atoms with Crippen molar-refractivity contribution in [2.75, 3.05) is 0 Å². The molecule has 0 bridgehead atoms. The number of nitrogens with zero attached hydrogens (tertiary/aromatic N) is 3. The van der Waals surface area contributed by atoms with Crippen LogP contribution in [0.4, 0.5) is 0 Å². The van der Waals surface area contributed by atoms with Gasteiger partial charge in [-0.05, 0) is 6.07 Å². The minimum absolute atomic E-state index is 0.0879. The van der Waals surface area contributed by atoms with Crippen LogP contribution in [0.1, 0.15) is 25.1 Å². The highest BCUT2D eigenvalue weighted by Gasteiger charge is 2.16. The largest absolute Gasteiger partial charge is 0.481 e. The van der Waals surface area contributed by atoms with Crippen molar-refractivity contribution in [2.45, 2.75) is 19.3 Å². The van der Waals surface area contributed by atoms with E-state index in [9.17, 15) is 4.79 Å². The first-order valence-electron chi connectivity index (χ1n) is 5.07. The van der Waals surface area contributed by atoms with Crippen LogP contribution in [-0.4, -0.2) is 25.6 Å². The second-order valence-corrected chi connectivity index (χ2v) is 3.89. The molecule has 2 aromatic rings. The van der Waals surface area contributed by atoms with Crippen molar-refractivity contribution in [3.63, 3.8) is 0 Å². The Morgan fingerprint density at radius 2 is 2.38 bits per heavy atom. The van der Waals surface area contributed by atoms with Crippen molar-refractivity contribution in [3.8, 4) is 0 Å². The van der Waals surface area contributed by atoms with Crippen molar-refractivity contribution in [3.05, 3.63) is 24.3 Å². The van der Waals surface area contributed by atoms with Crippen LogP contribution < -0.4 is 0 Å². The standard InChI is InChI=1S/C11H13N3O2/c1-7(5-10(15)16)11-13-8-6-12-4-3-9(8)14(11)2/h3-4,6-7H,5H2,1-2H3,(H,15,16). The zero-order chi connectivity index (χ0) is 11.7. The van der Waals surface area contributed by atoms with Crippen molar-refractivity contribution in [2.24, 2.45) is 7.05 Å². The summed E-state index contributed by atoms with van der Waals surface area (Å²) in [6, 6.07) is 1.87. The first-order valence-corrected chi connectivity index (χ1v) is 5.07. The molecule has 16 heavy (non-hydrogen) atoms. The second-order valence-electron chi connectivity index (χ2n) is 3.89. The summed E-state index contributed by atoms with van der Waals surface area (Å²) < 4.78 is 1.92. The molecule has 1 atom stereocenters. The molecule has 84 valence electrons. The van der Waals surface area contributed by atoms with Gasteiger partial charge in [0, 0.05) is 19.2 Å². The molecule has 1 unspecified atom stereocenters. The van der Waals surface area contributed by atoms with Crippen LogP contribution in [0.2, 0.25) is 0 Å². The number of carbonyl (C=O) groups is 1. The van der Waals surface area contributed by atoms with Gasteiger partial charge in [-0.15, -0.1) is 0 Å². The molecule has 0 radical (unpaired) electrons. The van der Waals surface area contributed by atoms with E-state index >= 15 is 0 Å². The van der Waals surface area contributed by atoms with Gasteiger partial charge in [-0.2, -0.15) is 0 Å². The van der Waals surface area contributed by atoms with E-state index in [1.165, 1.54) is 0 Å². The molecule has 5 heteroatoms. The van der Waals surface area contributed by atoms with Crippen LogP contribution in [0, 0.1) is 0 Å². The van der Waals surface area contributed by atoms with Crippen LogP contribution in [-0.2, 0) is 11.8 Å². The molecule has 2 rings (SSSR count). The van der Waals surface area contributed by atoms with E-state index in [0.29, 0.717) is 0 Å². The van der Waals surface area contributed by atoms with E-state index in [1.807, 2.05) is 24.6 Å². The Morgan fingerprint density at radius 1 is 1.62 bits per heavy atom. The summed E-state index contributed by atoms with van der Waals surface area (Å²) in [5, 5.41) is 8.76. The highest BCUT2D eigenvalue weighted by atomic mass is 16.4. The van der Waals surface area contributed by atoms with Crippen molar-refractivity contribution >= 4 is 17.0 Å². The van der Waals surface area contributed by atoms with Crippen molar-refractivity contribution < 1.29 is 9.90 Å². The fourth-order valence-corrected chi connectivity index (χ4v) is 1.86. The Balaban J connectivity index is 2.45. The predicted octanol–water partition coefficient (Wildman–Crippen LogP) is 1.55. The lowest BCUT2D eigenvalue weighted by molar-refractivity contribution is -0.137. The Morgan fingerprint density at radius 3 is 3.00 bits per heavy atom. The van der Waals surface area contributed by atoms with Crippen LogP contribution >= 0.6 is 0 Å². The van der Waals surface area contributed by atoms with Gasteiger partial charge >= 0.3 is 5.97 Å². The first kappa shape index (κ1) is 10.6. The summed E-state index contributed by atoms with van der Waals surface area (Å²) in [5.41, 5.74) is 1.78. The Bertz CT molecular complexity index is 533. The minimum atomic E-state index is -0.808. The zero-order valence-electron chi connectivity index (χ0n) is 9.21. The number of hydrogen-bond acceptors (Lipinski definition) is 3. The smallest absolute Gasteiger partial charge is 0.304 e. The topological polar surface area (TPSA) is 68.0 Å². The number of aliphatic carboxylic acids is 1. The molecule has 0 spiro atoms. The molecule has 0 amide bonds. The molecule has 0 aliphatic carbocycles. The van der Waals surface area contributed by atoms with Crippen LogP contribution in [0.5, 0.6) is 0 Å². The molecular weight excluding hydrogens is 206 g/mol. The van der Waals surface area contributed by atoms with Crippen LogP contribution in [0.25, 0.3) is 11.0 Å². The van der Waals surface area contributed by atoms with E-state index in [4.69, 9.17) is 5.11 Å². The summed E-state index contributed by atoms with van der Waals surface area (Å²) in [7, 11) is 1.89. The number of carboxylic acid groups (broad SMARTS) is 1. The van der Waals surface area contributed by atoms with Crippen molar-refractivity contribution in [1.29, 1.82) is 0 Å². The second kappa shape index (κ2) is 3.92. The highest BCUT2D eigenvalue weighted by Crippen LogP contribution is 2.22. The van der Waals surface area contributed by atoms with Gasteiger partial charge < -0.3 is 9.67 Å². The molecular formula is C11H13N3O2. The van der Waals surface area contributed by atoms with Crippen LogP contribution in [0.15, 0.2) is 18.5 Å². The number of hydrogen-bond donors (Lipinski definition) is 1. The maximum Gasteiger partial charge on any atom is 0.304 e. The lowest BCUT2D eigenvalue weighted by Crippen LogP contribution is -2.08. The van der Waals surface area contributed by atoms with Gasteiger partial charge in [0.2, 0.25) is 0 Å². The summed E-state index contributed by atoms with van der Waals surface area (Å²) in [4.78, 5) is 19.1. The van der Waals surface area contributed by atoms with E-state index < -0.39 is 5.97 Å². The van der Waals surface area contributed by atoms with Gasteiger partial charge in [-0.1, -0.05) is 6.92 Å². The zero-order valence-corrected chi connectivity index (χ0v) is 9.21. The summed E-state index contributed by atoms with van der Waals surface area (Å²) in [6.07, 6.45) is 3.48. The molecule has 0 saturated heterocycles. The number of aromatic nitrogens is 3. The normalized spacial score (nSPS) is 12.9. The quantitative estimate of drug-likeness (QED) is 0.850. The first-order chi connectivity index (χ1) is 7.59. The maximum atomic E-state index is 10.7. The third-order valence-electron chi connectivity index (χ3n) is 2.64. The van der Waals surface area contributed by atoms with Gasteiger partial charge in [0.25, 0.3) is 0 Å². The predicted molar refractivity (Wildman–Crippen MR) is 59.2 cm³/mol. The molecule has 0 aromatic carbocycles. The van der Waals surface area contributed by atoms with E-state index in [-0.39, 0.29) is 12.3 Å².